The lowest BCUT2D eigenvalue weighted by molar-refractivity contribution is -0.142. The summed E-state index contributed by atoms with van der Waals surface area (Å²) in [6, 6.07) is 9.83. The lowest BCUT2D eigenvalue weighted by Crippen LogP contribution is -2.48. The van der Waals surface area contributed by atoms with Gasteiger partial charge in [-0.1, -0.05) is 6.07 Å². The minimum atomic E-state index is -0.578. The molecule has 0 aliphatic carbocycles. The van der Waals surface area contributed by atoms with Crippen molar-refractivity contribution in [3.8, 4) is 17.1 Å². The summed E-state index contributed by atoms with van der Waals surface area (Å²) in [5, 5.41) is 12.9. The molecule has 4 aromatic rings. The zero-order chi connectivity index (χ0) is 25.8. The van der Waals surface area contributed by atoms with E-state index in [-0.39, 0.29) is 19.1 Å². The van der Waals surface area contributed by atoms with Gasteiger partial charge < -0.3 is 14.4 Å². The molecule has 0 radical (unpaired) electrons. The number of nitrogens with zero attached hydrogens (tertiary/aromatic N) is 7. The highest BCUT2D eigenvalue weighted by molar-refractivity contribution is 5.98. The Labute approximate surface area is 211 Å². The average molecular weight is 506 g/mol. The second-order valence-corrected chi connectivity index (χ2v) is 8.41. The third-order valence-corrected chi connectivity index (χ3v) is 5.80. The molecule has 1 aliphatic heterocycles. The third kappa shape index (κ3) is 5.54. The minimum Gasteiger partial charge on any atom is -0.461 e. The van der Waals surface area contributed by atoms with Gasteiger partial charge in [-0.2, -0.15) is 20.1 Å². The highest BCUT2D eigenvalue weighted by Gasteiger charge is 2.31. The lowest BCUT2D eigenvalue weighted by atomic mass is 10.1. The Morgan fingerprint density at radius 2 is 1.97 bits per heavy atom. The zero-order valence-electron chi connectivity index (χ0n) is 20.0. The second kappa shape index (κ2) is 10.7. The normalized spacial score (nSPS) is 15.5. The van der Waals surface area contributed by atoms with Crippen LogP contribution in [-0.4, -0.2) is 65.9 Å². The maximum absolute atomic E-state index is 13.9. The van der Waals surface area contributed by atoms with E-state index in [2.05, 4.69) is 20.3 Å². The molecule has 1 fully saturated rings. The van der Waals surface area contributed by atoms with Gasteiger partial charge in [-0.15, -0.1) is 0 Å². The fourth-order valence-electron chi connectivity index (χ4n) is 4.06. The number of hydrogen-bond acceptors (Lipinski definition) is 8. The summed E-state index contributed by atoms with van der Waals surface area (Å²) in [4.78, 5) is 32.2. The van der Waals surface area contributed by atoms with Crippen molar-refractivity contribution in [2.24, 2.45) is 0 Å². The summed E-state index contributed by atoms with van der Waals surface area (Å²) in [5.74, 6) is -1.10. The standard InChI is InChI=1S/C25H24FN7O4/c1-17(34)37-16-18-3-6-23(33-28-8-9-29-33)20(13-18)25(35)32-10-2-12-36-24(32)15-31-11-7-22(30-31)21-5-4-19(26)14-27-21/h3-9,11,13-14,24H,2,10,12,15-16H2,1H3. The summed E-state index contributed by atoms with van der Waals surface area (Å²) >= 11 is 0. The first-order chi connectivity index (χ1) is 18.0. The number of esters is 1. The summed E-state index contributed by atoms with van der Waals surface area (Å²) in [6.07, 6.45) is 6.05. The van der Waals surface area contributed by atoms with Crippen LogP contribution in [0.15, 0.2) is 61.2 Å². The number of benzene rings is 1. The van der Waals surface area contributed by atoms with E-state index < -0.39 is 18.0 Å². The summed E-state index contributed by atoms with van der Waals surface area (Å²) in [6.45, 7) is 2.64. The summed E-state index contributed by atoms with van der Waals surface area (Å²) in [7, 11) is 0. The Morgan fingerprint density at radius 3 is 2.73 bits per heavy atom. The van der Waals surface area contributed by atoms with Crippen LogP contribution in [0.1, 0.15) is 29.3 Å². The summed E-state index contributed by atoms with van der Waals surface area (Å²) < 4.78 is 26.0. The first kappa shape index (κ1) is 24.3. The largest absolute Gasteiger partial charge is 0.461 e. The number of halogens is 1. The van der Waals surface area contributed by atoms with Crippen molar-refractivity contribution in [2.45, 2.75) is 32.7 Å². The van der Waals surface area contributed by atoms with E-state index in [0.29, 0.717) is 47.8 Å². The Morgan fingerprint density at radius 1 is 1.14 bits per heavy atom. The number of pyridine rings is 1. The van der Waals surface area contributed by atoms with E-state index in [1.54, 1.807) is 46.1 Å². The molecule has 5 rings (SSSR count). The van der Waals surface area contributed by atoms with E-state index in [9.17, 15) is 14.0 Å². The number of carbonyl (C=O) groups is 2. The molecule has 11 nitrogen and oxygen atoms in total. The smallest absolute Gasteiger partial charge is 0.302 e. The average Bonchev–Trinajstić information content (AvgIpc) is 3.61. The number of ether oxygens (including phenoxy) is 2. The highest BCUT2D eigenvalue weighted by atomic mass is 19.1. The van der Waals surface area contributed by atoms with Gasteiger partial charge in [0.1, 0.15) is 18.1 Å². The van der Waals surface area contributed by atoms with Gasteiger partial charge in [-0.25, -0.2) is 4.39 Å². The molecular formula is C25H24FN7O4. The van der Waals surface area contributed by atoms with Crippen molar-refractivity contribution in [1.82, 2.24) is 34.7 Å². The molecule has 1 atom stereocenters. The molecule has 190 valence electrons. The lowest BCUT2D eigenvalue weighted by Gasteiger charge is -2.36. The van der Waals surface area contributed by atoms with Crippen molar-refractivity contribution < 1.29 is 23.5 Å². The predicted molar refractivity (Wildman–Crippen MR) is 128 cm³/mol. The molecule has 1 saturated heterocycles. The van der Waals surface area contributed by atoms with Crippen LogP contribution in [0.5, 0.6) is 0 Å². The van der Waals surface area contributed by atoms with E-state index in [4.69, 9.17) is 9.47 Å². The van der Waals surface area contributed by atoms with Crippen LogP contribution in [0.25, 0.3) is 17.1 Å². The Balaban J connectivity index is 1.40. The molecule has 0 bridgehead atoms. The van der Waals surface area contributed by atoms with Gasteiger partial charge in [0.2, 0.25) is 0 Å². The monoisotopic (exact) mass is 505 g/mol. The van der Waals surface area contributed by atoms with E-state index in [1.165, 1.54) is 30.2 Å². The van der Waals surface area contributed by atoms with E-state index in [1.807, 2.05) is 0 Å². The molecule has 1 aromatic carbocycles. The highest BCUT2D eigenvalue weighted by Crippen LogP contribution is 2.23. The van der Waals surface area contributed by atoms with Gasteiger partial charge in [-0.05, 0) is 42.3 Å². The molecule has 0 N–H and O–H groups in total. The third-order valence-electron chi connectivity index (χ3n) is 5.80. The second-order valence-electron chi connectivity index (χ2n) is 8.41. The number of aromatic nitrogens is 6. The minimum absolute atomic E-state index is 0.0375. The zero-order valence-corrected chi connectivity index (χ0v) is 20.0. The molecule has 3 aromatic heterocycles. The van der Waals surface area contributed by atoms with E-state index in [0.717, 1.165) is 6.20 Å². The molecule has 12 heteroatoms. The van der Waals surface area contributed by atoms with E-state index >= 15 is 0 Å². The number of amides is 1. The first-order valence-corrected chi connectivity index (χ1v) is 11.7. The maximum Gasteiger partial charge on any atom is 0.302 e. The maximum atomic E-state index is 13.9. The van der Waals surface area contributed by atoms with Gasteiger partial charge in [0.05, 0.1) is 48.7 Å². The quantitative estimate of drug-likeness (QED) is 0.352. The van der Waals surface area contributed by atoms with Gasteiger partial charge in [0.25, 0.3) is 5.91 Å². The molecule has 37 heavy (non-hydrogen) atoms. The number of carbonyl (C=O) groups excluding carboxylic acids is 2. The molecule has 1 unspecified atom stereocenters. The molecule has 4 heterocycles. The topological polar surface area (TPSA) is 117 Å². The van der Waals surface area contributed by atoms with Crippen LogP contribution in [0, 0.1) is 5.82 Å². The van der Waals surface area contributed by atoms with Crippen molar-refractivity contribution in [1.29, 1.82) is 0 Å². The fraction of sp³-hybridized carbons (Fsp3) is 0.280. The molecular weight excluding hydrogens is 481 g/mol. The molecule has 1 aliphatic rings. The summed E-state index contributed by atoms with van der Waals surface area (Å²) in [5.41, 5.74) is 2.63. The van der Waals surface area contributed by atoms with Crippen LogP contribution >= 0.6 is 0 Å². The SMILES string of the molecule is CC(=O)OCc1ccc(-n2nccn2)c(C(=O)N2CCCOC2Cn2ccc(-c3ccc(F)cn3)n2)c1. The Hall–Kier alpha value is -4.45. The van der Waals surface area contributed by atoms with Crippen LogP contribution in [0.2, 0.25) is 0 Å². The number of hydrogen-bond donors (Lipinski definition) is 0. The number of rotatable bonds is 7. The van der Waals surface area contributed by atoms with Gasteiger partial charge in [-0.3, -0.25) is 19.3 Å². The van der Waals surface area contributed by atoms with Gasteiger partial charge in [0.15, 0.2) is 6.23 Å². The Bertz CT molecular complexity index is 1390. The van der Waals surface area contributed by atoms with Crippen molar-refractivity contribution in [3.05, 3.63) is 78.1 Å². The fourth-order valence-corrected chi connectivity index (χ4v) is 4.06. The molecule has 0 spiro atoms. The van der Waals surface area contributed by atoms with Crippen molar-refractivity contribution in [2.75, 3.05) is 13.2 Å². The van der Waals surface area contributed by atoms with Crippen LogP contribution in [0.3, 0.4) is 0 Å². The first-order valence-electron chi connectivity index (χ1n) is 11.7. The van der Waals surface area contributed by atoms with Crippen LogP contribution in [-0.2, 0) is 27.4 Å². The van der Waals surface area contributed by atoms with Gasteiger partial charge in [0, 0.05) is 19.7 Å². The van der Waals surface area contributed by atoms with Crippen LogP contribution < -0.4 is 0 Å². The molecule has 0 saturated carbocycles. The van der Waals surface area contributed by atoms with Crippen molar-refractivity contribution in [3.63, 3.8) is 0 Å². The molecule has 1 amide bonds. The van der Waals surface area contributed by atoms with Crippen LogP contribution in [0.4, 0.5) is 4.39 Å². The Kier molecular flexibility index (Phi) is 6.99. The van der Waals surface area contributed by atoms with Gasteiger partial charge >= 0.3 is 5.97 Å². The predicted octanol–water partition coefficient (Wildman–Crippen LogP) is 2.62. The van der Waals surface area contributed by atoms with Crippen molar-refractivity contribution >= 4 is 11.9 Å².